The third-order valence-electron chi connectivity index (χ3n) is 5.29. The van der Waals surface area contributed by atoms with Crippen molar-refractivity contribution in [2.45, 2.75) is 55.2 Å². The van der Waals surface area contributed by atoms with Crippen molar-refractivity contribution in [1.29, 1.82) is 0 Å². The summed E-state index contributed by atoms with van der Waals surface area (Å²) in [7, 11) is -3.48. The van der Waals surface area contributed by atoms with Crippen LogP contribution in [-0.2, 0) is 33.3 Å². The summed E-state index contributed by atoms with van der Waals surface area (Å²) in [4.78, 5) is 69.7. The van der Waals surface area contributed by atoms with E-state index >= 15 is 0 Å². The van der Waals surface area contributed by atoms with E-state index in [2.05, 4.69) is 19.1 Å². The van der Waals surface area contributed by atoms with Crippen LogP contribution in [-0.4, -0.2) is 137 Å². The molecule has 42 heavy (non-hydrogen) atoms. The Morgan fingerprint density at radius 2 is 1.76 bits per heavy atom. The maximum Gasteiger partial charge on any atom is 0.576 e. The van der Waals surface area contributed by atoms with Crippen molar-refractivity contribution in [3.63, 3.8) is 0 Å². The van der Waals surface area contributed by atoms with Gasteiger partial charge in [-0.15, -0.1) is 4.18 Å². The minimum atomic E-state index is -5.78. The van der Waals surface area contributed by atoms with Gasteiger partial charge in [-0.2, -0.15) is 4.98 Å². The molecule has 26 heteroatoms. The Labute approximate surface area is 234 Å². The maximum atomic E-state index is 11.8. The predicted molar refractivity (Wildman–Crippen MR) is 132 cm³/mol. The number of fused-ring (bicyclic) bond motifs is 1. The first kappa shape index (κ1) is 36.3. The number of carbonyl (C=O) groups is 1. The minimum absolute atomic E-state index is 0.0258. The molecule has 1 saturated heterocycles. The Morgan fingerprint density at radius 1 is 1.17 bits per heavy atom. The zero-order valence-corrected chi connectivity index (χ0v) is 23.2. The molecule has 3 rings (SSSR count). The van der Waals surface area contributed by atoms with Gasteiger partial charge in [-0.3, -0.25) is 24.1 Å². The number of hydrogen-bond donors (Lipinski definition) is 13. The lowest BCUT2D eigenvalue weighted by Gasteiger charge is -2.22. The summed E-state index contributed by atoms with van der Waals surface area (Å²) < 4.78 is 33.0. The summed E-state index contributed by atoms with van der Waals surface area (Å²) in [6.45, 7) is -12.1. The second-order valence-corrected chi connectivity index (χ2v) is 16.5. The zero-order chi connectivity index (χ0) is 32.3. The second-order valence-electron chi connectivity index (χ2n) is 8.28. The highest BCUT2D eigenvalue weighted by molar-refractivity contribution is 8.78. The summed E-state index contributed by atoms with van der Waals surface area (Å²) in [6.07, 6.45) is -15.6. The van der Waals surface area contributed by atoms with Gasteiger partial charge in [0.25, 0.3) is 5.56 Å². The number of rotatable bonds is 11. The van der Waals surface area contributed by atoms with Crippen molar-refractivity contribution >= 4 is 47.4 Å². The fourth-order valence-corrected chi connectivity index (χ4v) is 8.48. The molecular formula is C16H27N5O18P2S. The van der Waals surface area contributed by atoms with E-state index in [1.54, 1.807) is 0 Å². The first-order valence-corrected chi connectivity index (χ1v) is 16.5. The average Bonchev–Trinajstić information content (AvgIpc) is 3.44. The van der Waals surface area contributed by atoms with E-state index in [9.17, 15) is 38.9 Å². The van der Waals surface area contributed by atoms with Gasteiger partial charge in [0.15, 0.2) is 23.7 Å². The van der Waals surface area contributed by atoms with Gasteiger partial charge in [0, 0.05) is 0 Å². The fourth-order valence-electron chi connectivity index (χ4n) is 3.29. The first-order chi connectivity index (χ1) is 19.3. The Balaban J connectivity index is 0.000000435. The number of ether oxygens (including phenoxy) is 1. The molecule has 0 aromatic carbocycles. The third kappa shape index (κ3) is 8.37. The van der Waals surface area contributed by atoms with Crippen molar-refractivity contribution in [2.24, 2.45) is 0 Å². The van der Waals surface area contributed by atoms with Gasteiger partial charge in [-0.05, 0) is 0 Å². The standard InChI is InChI=1S/C10H15N5O12P2S.C6H12O6/c11-10-13-6-2(7(18)14-10)12-1-15(6)8-4(17)3(16)5(26-8)9(19)27-30(28(20,21)22)29(23,24)25;7-1-3(9)5(11)6(12)4(10)2-8/h1,3-5,8-9,16-17,19H,(H6-,11,13,14,18,20,21,22,23,24,25);1,3-6,8-12H,2H2/t3-,4+,5-,8+,9?;3-,4-,5-,6-/m01/s1. The van der Waals surface area contributed by atoms with Gasteiger partial charge in [0.2, 0.25) is 12.2 Å². The van der Waals surface area contributed by atoms with E-state index in [-0.39, 0.29) is 23.4 Å². The normalized spacial score (nSPS) is 26.8. The van der Waals surface area contributed by atoms with E-state index in [0.29, 0.717) is 0 Å². The first-order valence-electron chi connectivity index (χ1n) is 11.0. The molecule has 1 fully saturated rings. The predicted octanol–water partition coefficient (Wildman–Crippen LogP) is -7.64. The van der Waals surface area contributed by atoms with Crippen molar-refractivity contribution < 1.29 is 83.3 Å². The number of aromatic nitrogens is 4. The molecule has 0 radical (unpaired) electrons. The minimum Gasteiger partial charge on any atom is -0.734 e. The molecule has 0 amide bonds. The topological polar surface area (TPSA) is 405 Å². The van der Waals surface area contributed by atoms with E-state index < -0.39 is 91.4 Å². The molecule has 2 aromatic heterocycles. The molecule has 11 atom stereocenters. The molecular weight excluding hydrogens is 644 g/mol. The number of nitrogens with one attached hydrogen (secondary N) is 1. The SMILES string of the molecule is Nc1nc2c(ncn2[C@@H]2O[C@H](C(O)O[S+](P(=O)([O-])O)P(=O)(O)O)[C@@H](O)[C@H]2O)c(=O)[nH]1.O=C[C@@H](O)[C@@H](O)[C@H](O)[C@H](O)CO. The number of hydrogen-bond acceptors (Lipinski definition) is 18. The van der Waals surface area contributed by atoms with Gasteiger partial charge in [-0.25, -0.2) is 14.1 Å². The van der Waals surface area contributed by atoms with Gasteiger partial charge in [0.05, 0.1) is 12.9 Å². The summed E-state index contributed by atoms with van der Waals surface area (Å²) in [6, 6.07) is 0. The van der Waals surface area contributed by atoms with E-state index in [0.717, 1.165) is 10.9 Å². The molecule has 0 aliphatic carbocycles. The van der Waals surface area contributed by atoms with Crippen LogP contribution in [0.25, 0.3) is 11.2 Å². The molecule has 0 bridgehead atoms. The van der Waals surface area contributed by atoms with Crippen molar-refractivity contribution in [3.05, 3.63) is 16.7 Å². The number of aliphatic hydroxyl groups excluding tert-OH is 8. The fraction of sp³-hybridized carbons (Fsp3) is 0.625. The number of H-pyrrole nitrogens is 1. The quantitative estimate of drug-likeness (QED) is 0.0456. The van der Waals surface area contributed by atoms with Gasteiger partial charge < -0.3 is 65.9 Å². The van der Waals surface area contributed by atoms with E-state index in [1.165, 1.54) is 0 Å². The molecule has 14 N–H and O–H groups in total. The number of imidazole rings is 1. The smallest absolute Gasteiger partial charge is 0.576 e. The Hall–Kier alpha value is -1.93. The number of aldehydes is 1. The molecule has 0 saturated carbocycles. The van der Waals surface area contributed by atoms with E-state index in [4.69, 9.17) is 50.7 Å². The molecule has 3 heterocycles. The largest absolute Gasteiger partial charge is 0.734 e. The van der Waals surface area contributed by atoms with Crippen molar-refractivity contribution in [3.8, 4) is 0 Å². The summed E-state index contributed by atoms with van der Waals surface area (Å²) >= 11 is 0. The van der Waals surface area contributed by atoms with Crippen LogP contribution in [0.3, 0.4) is 0 Å². The monoisotopic (exact) mass is 671 g/mol. The number of nitrogen functional groups attached to an aromatic ring is 1. The number of carbonyl (C=O) groups excluding carboxylic acids is 1. The zero-order valence-electron chi connectivity index (χ0n) is 20.6. The van der Waals surface area contributed by atoms with Crippen molar-refractivity contribution in [2.75, 3.05) is 12.3 Å². The lowest BCUT2D eigenvalue weighted by Crippen LogP contribution is -2.46. The Bertz CT molecular complexity index is 1350. The molecule has 1 aliphatic rings. The summed E-state index contributed by atoms with van der Waals surface area (Å²) in [5, 5.41) is 73.9. The van der Waals surface area contributed by atoms with E-state index in [1.807, 2.05) is 0 Å². The number of anilines is 1. The second kappa shape index (κ2) is 14.2. The lowest BCUT2D eigenvalue weighted by atomic mass is 10.0. The molecule has 240 valence electrons. The highest BCUT2D eigenvalue weighted by Crippen LogP contribution is 2.63. The lowest BCUT2D eigenvalue weighted by molar-refractivity contribution is -0.187. The van der Waals surface area contributed by atoms with Gasteiger partial charge in [0.1, 0.15) is 42.7 Å². The highest BCUT2D eigenvalue weighted by Gasteiger charge is 2.57. The van der Waals surface area contributed by atoms with Gasteiger partial charge in [-0.1, -0.05) is 0 Å². The third-order valence-corrected chi connectivity index (χ3v) is 13.2. The number of aromatic amines is 1. The number of aliphatic hydroxyl groups is 8. The maximum absolute atomic E-state index is 11.8. The van der Waals surface area contributed by atoms with Gasteiger partial charge >= 0.3 is 24.0 Å². The van der Waals surface area contributed by atoms with Crippen LogP contribution in [0.15, 0.2) is 11.1 Å². The van der Waals surface area contributed by atoms with Crippen LogP contribution in [0, 0.1) is 0 Å². The van der Waals surface area contributed by atoms with Crippen LogP contribution in [0.1, 0.15) is 6.23 Å². The average molecular weight is 671 g/mol. The Kier molecular flexibility index (Phi) is 12.3. The van der Waals surface area contributed by atoms with Crippen LogP contribution in [0.5, 0.6) is 0 Å². The summed E-state index contributed by atoms with van der Waals surface area (Å²) in [5.74, 6) is -0.304. The molecule has 2 aromatic rings. The van der Waals surface area contributed by atoms with Crippen LogP contribution in [0.4, 0.5) is 5.95 Å². The molecule has 23 nitrogen and oxygen atoms in total. The number of nitrogens with two attached hydrogens (primary N) is 1. The van der Waals surface area contributed by atoms with Crippen molar-refractivity contribution in [1.82, 2.24) is 19.5 Å². The summed E-state index contributed by atoms with van der Waals surface area (Å²) in [5.41, 5.74) is 4.36. The molecule has 1 aliphatic heterocycles. The van der Waals surface area contributed by atoms with Crippen LogP contribution < -0.4 is 16.2 Å². The Morgan fingerprint density at radius 3 is 2.26 bits per heavy atom. The number of nitrogens with zero attached hydrogens (tertiary/aromatic N) is 3. The molecule has 3 unspecified atom stereocenters. The van der Waals surface area contributed by atoms with Crippen LogP contribution >= 0.6 is 13.6 Å². The molecule has 0 spiro atoms. The van der Waals surface area contributed by atoms with Crippen LogP contribution in [0.2, 0.25) is 0 Å². The highest BCUT2D eigenvalue weighted by atomic mass is 33.1.